The van der Waals surface area contributed by atoms with E-state index in [9.17, 15) is 5.11 Å². The monoisotopic (exact) mass is 293 g/mol. The predicted octanol–water partition coefficient (Wildman–Crippen LogP) is 2.69. The van der Waals surface area contributed by atoms with Crippen LogP contribution in [0.2, 0.25) is 0 Å². The zero-order valence-electron chi connectivity index (χ0n) is 13.4. The van der Waals surface area contributed by atoms with Gasteiger partial charge in [0.05, 0.1) is 14.2 Å². The van der Waals surface area contributed by atoms with Crippen molar-refractivity contribution in [3.63, 3.8) is 0 Å². The Balaban J connectivity index is 2.00. The van der Waals surface area contributed by atoms with Gasteiger partial charge in [-0.25, -0.2) is 0 Å². The number of ether oxygens (including phenoxy) is 2. The number of hydrogen-bond acceptors (Lipinski definition) is 4. The van der Waals surface area contributed by atoms with E-state index in [-0.39, 0.29) is 5.41 Å². The van der Waals surface area contributed by atoms with Gasteiger partial charge in [-0.2, -0.15) is 0 Å². The molecular weight excluding hydrogens is 266 g/mol. The highest BCUT2D eigenvalue weighted by Crippen LogP contribution is 2.35. The molecule has 1 aromatic carbocycles. The van der Waals surface area contributed by atoms with E-state index < -0.39 is 0 Å². The van der Waals surface area contributed by atoms with Crippen molar-refractivity contribution in [3.05, 3.63) is 23.8 Å². The first-order chi connectivity index (χ1) is 10.2. The largest absolute Gasteiger partial charge is 0.497 e. The van der Waals surface area contributed by atoms with E-state index >= 15 is 0 Å². The normalized spacial score (nSPS) is 18.5. The van der Waals surface area contributed by atoms with Gasteiger partial charge in [-0.1, -0.05) is 13.0 Å². The van der Waals surface area contributed by atoms with Gasteiger partial charge in [0.15, 0.2) is 0 Å². The van der Waals surface area contributed by atoms with Crippen molar-refractivity contribution in [1.82, 2.24) is 4.90 Å². The fourth-order valence-electron chi connectivity index (χ4n) is 3.03. The van der Waals surface area contributed by atoms with Crippen molar-refractivity contribution in [2.24, 2.45) is 5.41 Å². The highest BCUT2D eigenvalue weighted by Gasteiger charge is 2.32. The summed E-state index contributed by atoms with van der Waals surface area (Å²) in [6.07, 6.45) is 3.19. The number of aliphatic hydroxyl groups is 1. The SMILES string of the molecule is CCC1(CO)CCN(Cc2ccc(OC)cc2OC)CC1. The maximum Gasteiger partial charge on any atom is 0.127 e. The van der Waals surface area contributed by atoms with Crippen LogP contribution in [-0.4, -0.2) is 43.9 Å². The Kier molecular flexibility index (Phi) is 5.48. The van der Waals surface area contributed by atoms with Crippen molar-refractivity contribution >= 4 is 0 Å². The lowest BCUT2D eigenvalue weighted by molar-refractivity contribution is 0.0380. The van der Waals surface area contributed by atoms with Crippen molar-refractivity contribution in [2.45, 2.75) is 32.7 Å². The molecule has 1 aliphatic heterocycles. The molecule has 0 unspecified atom stereocenters. The first-order valence-corrected chi connectivity index (χ1v) is 7.70. The van der Waals surface area contributed by atoms with Crippen LogP contribution in [0.1, 0.15) is 31.7 Å². The minimum Gasteiger partial charge on any atom is -0.497 e. The Hall–Kier alpha value is -1.26. The summed E-state index contributed by atoms with van der Waals surface area (Å²) in [6, 6.07) is 5.99. The van der Waals surface area contributed by atoms with Gasteiger partial charge < -0.3 is 14.6 Å². The quantitative estimate of drug-likeness (QED) is 0.875. The van der Waals surface area contributed by atoms with E-state index in [1.807, 2.05) is 12.1 Å². The number of nitrogens with zero attached hydrogens (tertiary/aromatic N) is 1. The third-order valence-electron chi connectivity index (χ3n) is 4.89. The Morgan fingerprint density at radius 3 is 2.43 bits per heavy atom. The van der Waals surface area contributed by atoms with E-state index in [0.29, 0.717) is 6.61 Å². The van der Waals surface area contributed by atoms with Crippen molar-refractivity contribution in [3.8, 4) is 11.5 Å². The number of likely N-dealkylation sites (tertiary alicyclic amines) is 1. The highest BCUT2D eigenvalue weighted by molar-refractivity contribution is 5.40. The molecule has 0 radical (unpaired) electrons. The van der Waals surface area contributed by atoms with Gasteiger partial charge in [0.25, 0.3) is 0 Å². The summed E-state index contributed by atoms with van der Waals surface area (Å²) in [5.74, 6) is 1.70. The Labute approximate surface area is 127 Å². The second kappa shape index (κ2) is 7.14. The maximum atomic E-state index is 9.60. The molecule has 21 heavy (non-hydrogen) atoms. The second-order valence-electron chi connectivity index (χ2n) is 5.97. The fraction of sp³-hybridized carbons (Fsp3) is 0.647. The molecule has 0 bridgehead atoms. The van der Waals surface area contributed by atoms with E-state index in [0.717, 1.165) is 50.4 Å². The van der Waals surface area contributed by atoms with E-state index in [1.165, 1.54) is 5.56 Å². The lowest BCUT2D eigenvalue weighted by Crippen LogP contribution is -2.41. The molecule has 4 nitrogen and oxygen atoms in total. The van der Waals surface area contributed by atoms with Gasteiger partial charge >= 0.3 is 0 Å². The molecule has 0 spiro atoms. The number of benzene rings is 1. The Morgan fingerprint density at radius 1 is 1.19 bits per heavy atom. The summed E-state index contributed by atoms with van der Waals surface area (Å²) in [6.45, 7) is 5.44. The zero-order chi connectivity index (χ0) is 15.3. The van der Waals surface area contributed by atoms with E-state index in [4.69, 9.17) is 9.47 Å². The van der Waals surface area contributed by atoms with Gasteiger partial charge in [-0.05, 0) is 43.8 Å². The van der Waals surface area contributed by atoms with Crippen LogP contribution in [0.3, 0.4) is 0 Å². The van der Waals surface area contributed by atoms with Crippen molar-refractivity contribution in [2.75, 3.05) is 33.9 Å². The highest BCUT2D eigenvalue weighted by atomic mass is 16.5. The number of piperidine rings is 1. The fourth-order valence-corrected chi connectivity index (χ4v) is 3.03. The summed E-state index contributed by atoms with van der Waals surface area (Å²) in [5.41, 5.74) is 1.33. The van der Waals surface area contributed by atoms with Crippen molar-refractivity contribution in [1.29, 1.82) is 0 Å². The van der Waals surface area contributed by atoms with E-state index in [1.54, 1.807) is 14.2 Å². The number of aliphatic hydroxyl groups excluding tert-OH is 1. The Morgan fingerprint density at radius 2 is 1.90 bits per heavy atom. The summed E-state index contributed by atoms with van der Waals surface area (Å²) in [5, 5.41) is 9.60. The van der Waals surface area contributed by atoms with Crippen LogP contribution in [0, 0.1) is 5.41 Å². The van der Waals surface area contributed by atoms with Crippen LogP contribution < -0.4 is 9.47 Å². The molecule has 1 fully saturated rings. The minimum absolute atomic E-state index is 0.139. The number of rotatable bonds is 6. The van der Waals surface area contributed by atoms with Gasteiger partial charge in [-0.3, -0.25) is 4.90 Å². The summed E-state index contributed by atoms with van der Waals surface area (Å²) in [4.78, 5) is 2.44. The van der Waals surface area contributed by atoms with Crippen LogP contribution in [-0.2, 0) is 6.54 Å². The van der Waals surface area contributed by atoms with Crippen LogP contribution in [0.25, 0.3) is 0 Å². The van der Waals surface area contributed by atoms with Gasteiger partial charge in [0, 0.05) is 24.8 Å². The lowest BCUT2D eigenvalue weighted by atomic mass is 9.77. The van der Waals surface area contributed by atoms with Crippen LogP contribution >= 0.6 is 0 Å². The van der Waals surface area contributed by atoms with Crippen LogP contribution in [0.5, 0.6) is 11.5 Å². The molecule has 1 saturated heterocycles. The topological polar surface area (TPSA) is 41.9 Å². The number of hydrogen-bond donors (Lipinski definition) is 1. The molecular formula is C17H27NO3. The smallest absolute Gasteiger partial charge is 0.127 e. The predicted molar refractivity (Wildman–Crippen MR) is 83.9 cm³/mol. The average molecular weight is 293 g/mol. The first-order valence-electron chi connectivity index (χ1n) is 7.70. The third kappa shape index (κ3) is 3.69. The zero-order valence-corrected chi connectivity index (χ0v) is 13.4. The Bertz CT molecular complexity index is 447. The second-order valence-corrected chi connectivity index (χ2v) is 5.97. The van der Waals surface area contributed by atoms with Crippen LogP contribution in [0.4, 0.5) is 0 Å². The number of methoxy groups -OCH3 is 2. The molecule has 1 heterocycles. The molecule has 1 aromatic rings. The van der Waals surface area contributed by atoms with Gasteiger partial charge in [0.1, 0.15) is 11.5 Å². The maximum absolute atomic E-state index is 9.60. The summed E-state index contributed by atoms with van der Waals surface area (Å²) < 4.78 is 10.7. The molecule has 4 heteroatoms. The molecule has 0 aromatic heterocycles. The summed E-state index contributed by atoms with van der Waals surface area (Å²) in [7, 11) is 3.36. The van der Waals surface area contributed by atoms with Crippen molar-refractivity contribution < 1.29 is 14.6 Å². The minimum atomic E-state index is 0.139. The van der Waals surface area contributed by atoms with Crippen LogP contribution in [0.15, 0.2) is 18.2 Å². The molecule has 1 N–H and O–H groups in total. The molecule has 0 aliphatic carbocycles. The average Bonchev–Trinajstić information content (AvgIpc) is 2.56. The molecule has 2 rings (SSSR count). The lowest BCUT2D eigenvalue weighted by Gasteiger charge is -2.40. The molecule has 118 valence electrons. The van der Waals surface area contributed by atoms with E-state index in [2.05, 4.69) is 17.9 Å². The summed E-state index contributed by atoms with van der Waals surface area (Å²) >= 11 is 0. The van der Waals surface area contributed by atoms with Gasteiger partial charge in [-0.15, -0.1) is 0 Å². The molecule has 0 saturated carbocycles. The third-order valence-corrected chi connectivity index (χ3v) is 4.89. The molecule has 1 aliphatic rings. The molecule has 0 atom stereocenters. The van der Waals surface area contributed by atoms with Gasteiger partial charge in [0.2, 0.25) is 0 Å². The standard InChI is InChI=1S/C17H27NO3/c1-4-17(13-19)7-9-18(10-8-17)12-14-5-6-15(20-2)11-16(14)21-3/h5-6,11,19H,4,7-10,12-13H2,1-3H3. The molecule has 0 amide bonds. The first kappa shape index (κ1) is 16.1.